The van der Waals surface area contributed by atoms with Crippen molar-refractivity contribution in [2.45, 2.75) is 25.7 Å². The van der Waals surface area contributed by atoms with E-state index in [4.69, 9.17) is 0 Å². The van der Waals surface area contributed by atoms with Gasteiger partial charge in [-0.15, -0.1) is 0 Å². The van der Waals surface area contributed by atoms with E-state index in [1.54, 1.807) is 0 Å². The zero-order chi connectivity index (χ0) is 14.8. The summed E-state index contributed by atoms with van der Waals surface area (Å²) in [5.41, 5.74) is 5.03. The van der Waals surface area contributed by atoms with Crippen molar-refractivity contribution >= 4 is 21.9 Å². The van der Waals surface area contributed by atoms with E-state index >= 15 is 0 Å². The third-order valence-corrected chi connectivity index (χ3v) is 4.35. The van der Waals surface area contributed by atoms with Crippen LogP contribution in [0.1, 0.15) is 24.0 Å². The molecule has 3 aromatic heterocycles. The number of aryl methyl sites for hydroxylation is 2. The number of H-pyrrole nitrogens is 2. The lowest BCUT2D eigenvalue weighted by atomic mass is 10.0. The van der Waals surface area contributed by atoms with Crippen LogP contribution < -0.4 is 0 Å². The van der Waals surface area contributed by atoms with Gasteiger partial charge >= 0.3 is 0 Å². The van der Waals surface area contributed by atoms with E-state index in [0.717, 1.165) is 18.5 Å². The molecule has 0 fully saturated rings. The van der Waals surface area contributed by atoms with Crippen LogP contribution in [0.3, 0.4) is 0 Å². The predicted octanol–water partition coefficient (Wildman–Crippen LogP) is 4.61. The van der Waals surface area contributed by atoms with Crippen LogP contribution in [0.4, 0.5) is 0 Å². The molecule has 0 bridgehead atoms. The Labute approximate surface area is 129 Å². The zero-order valence-corrected chi connectivity index (χ0v) is 12.5. The summed E-state index contributed by atoms with van der Waals surface area (Å²) in [6, 6.07) is 12.7. The summed E-state index contributed by atoms with van der Waals surface area (Å²) >= 11 is 0. The van der Waals surface area contributed by atoms with E-state index in [1.165, 1.54) is 40.3 Å². The van der Waals surface area contributed by atoms with Crippen LogP contribution in [0, 0.1) is 0 Å². The van der Waals surface area contributed by atoms with Crippen LogP contribution in [-0.4, -0.2) is 15.0 Å². The number of unbranched alkanes of at least 4 members (excludes halogenated alkanes) is 1. The van der Waals surface area contributed by atoms with Gasteiger partial charge in [0.15, 0.2) is 0 Å². The van der Waals surface area contributed by atoms with Crippen molar-refractivity contribution in [2.75, 3.05) is 0 Å². The van der Waals surface area contributed by atoms with Crippen molar-refractivity contribution in [1.82, 2.24) is 15.0 Å². The highest BCUT2D eigenvalue weighted by molar-refractivity contribution is 5.83. The Kier molecular flexibility index (Phi) is 3.39. The number of nitrogens with one attached hydrogen (secondary N) is 2. The molecule has 3 heteroatoms. The Bertz CT molecular complexity index is 825. The quantitative estimate of drug-likeness (QED) is 0.518. The molecular weight excluding hydrogens is 270 g/mol. The number of nitrogens with zero attached hydrogens (tertiary/aromatic N) is 1. The number of aromatic amines is 2. The molecular formula is C19H19N3. The number of fused-ring (bicyclic) bond motifs is 2. The SMILES string of the molecule is c1ccc2c(CCCCc3c[nH]c4ncccc34)c[nH]c2c1. The highest BCUT2D eigenvalue weighted by Crippen LogP contribution is 2.21. The number of aromatic nitrogens is 3. The molecule has 2 N–H and O–H groups in total. The van der Waals surface area contributed by atoms with Crippen LogP contribution in [0.5, 0.6) is 0 Å². The summed E-state index contributed by atoms with van der Waals surface area (Å²) in [6.45, 7) is 0. The predicted molar refractivity (Wildman–Crippen MR) is 91.0 cm³/mol. The fraction of sp³-hybridized carbons (Fsp3) is 0.211. The molecule has 0 aliphatic carbocycles. The maximum atomic E-state index is 4.35. The lowest BCUT2D eigenvalue weighted by Crippen LogP contribution is -1.88. The second kappa shape index (κ2) is 5.68. The van der Waals surface area contributed by atoms with Gasteiger partial charge in [0.2, 0.25) is 0 Å². The maximum absolute atomic E-state index is 4.35. The molecule has 0 aliphatic heterocycles. The number of hydrogen-bond donors (Lipinski definition) is 2. The average molecular weight is 289 g/mol. The van der Waals surface area contributed by atoms with Gasteiger partial charge in [-0.3, -0.25) is 0 Å². The van der Waals surface area contributed by atoms with Crippen molar-refractivity contribution in [3.63, 3.8) is 0 Å². The number of pyridine rings is 1. The summed E-state index contributed by atoms with van der Waals surface area (Å²) in [7, 11) is 0. The Morgan fingerprint density at radius 1 is 0.773 bits per heavy atom. The second-order valence-corrected chi connectivity index (χ2v) is 5.78. The number of benzene rings is 1. The average Bonchev–Trinajstić information content (AvgIpc) is 3.16. The van der Waals surface area contributed by atoms with Gasteiger partial charge in [0.25, 0.3) is 0 Å². The fourth-order valence-electron chi connectivity index (χ4n) is 3.19. The molecule has 0 unspecified atom stereocenters. The molecule has 0 atom stereocenters. The fourth-order valence-corrected chi connectivity index (χ4v) is 3.19. The molecule has 3 nitrogen and oxygen atoms in total. The number of rotatable bonds is 5. The first kappa shape index (κ1) is 13.1. The van der Waals surface area contributed by atoms with Crippen LogP contribution in [0.15, 0.2) is 55.0 Å². The minimum absolute atomic E-state index is 0.995. The van der Waals surface area contributed by atoms with Gasteiger partial charge in [0.05, 0.1) is 0 Å². The summed E-state index contributed by atoms with van der Waals surface area (Å²) in [5.74, 6) is 0. The molecule has 4 aromatic rings. The van der Waals surface area contributed by atoms with E-state index in [9.17, 15) is 0 Å². The molecule has 110 valence electrons. The zero-order valence-electron chi connectivity index (χ0n) is 12.5. The highest BCUT2D eigenvalue weighted by Gasteiger charge is 2.05. The van der Waals surface area contributed by atoms with Crippen molar-refractivity contribution in [1.29, 1.82) is 0 Å². The van der Waals surface area contributed by atoms with Crippen molar-refractivity contribution in [2.24, 2.45) is 0 Å². The van der Waals surface area contributed by atoms with Gasteiger partial charge in [-0.2, -0.15) is 0 Å². The highest BCUT2D eigenvalue weighted by atomic mass is 14.8. The first-order valence-corrected chi connectivity index (χ1v) is 7.88. The largest absolute Gasteiger partial charge is 0.361 e. The van der Waals surface area contributed by atoms with Crippen LogP contribution in [-0.2, 0) is 12.8 Å². The molecule has 3 heterocycles. The van der Waals surface area contributed by atoms with E-state index in [1.807, 2.05) is 12.3 Å². The minimum Gasteiger partial charge on any atom is -0.361 e. The monoisotopic (exact) mass is 289 g/mol. The van der Waals surface area contributed by atoms with Crippen LogP contribution in [0.2, 0.25) is 0 Å². The van der Waals surface area contributed by atoms with Gasteiger partial charge < -0.3 is 9.97 Å². The van der Waals surface area contributed by atoms with Crippen LogP contribution >= 0.6 is 0 Å². The van der Waals surface area contributed by atoms with E-state index in [-0.39, 0.29) is 0 Å². The second-order valence-electron chi connectivity index (χ2n) is 5.78. The Balaban J connectivity index is 1.39. The van der Waals surface area contributed by atoms with Gasteiger partial charge in [-0.05, 0) is 55.0 Å². The lowest BCUT2D eigenvalue weighted by molar-refractivity contribution is 0.739. The summed E-state index contributed by atoms with van der Waals surface area (Å²) in [4.78, 5) is 10.9. The molecule has 22 heavy (non-hydrogen) atoms. The van der Waals surface area contributed by atoms with Crippen molar-refractivity contribution in [3.8, 4) is 0 Å². The molecule has 0 amide bonds. The molecule has 1 aromatic carbocycles. The van der Waals surface area contributed by atoms with Gasteiger partial charge in [0.1, 0.15) is 5.65 Å². The first-order valence-electron chi connectivity index (χ1n) is 7.88. The van der Waals surface area contributed by atoms with E-state index in [0.29, 0.717) is 0 Å². The summed E-state index contributed by atoms with van der Waals surface area (Å²) in [6.07, 6.45) is 10.7. The smallest absolute Gasteiger partial charge is 0.137 e. The van der Waals surface area contributed by atoms with Gasteiger partial charge in [-0.1, -0.05) is 18.2 Å². The maximum Gasteiger partial charge on any atom is 0.137 e. The Hall–Kier alpha value is -2.55. The van der Waals surface area contributed by atoms with E-state index in [2.05, 4.69) is 57.7 Å². The van der Waals surface area contributed by atoms with Crippen LogP contribution in [0.25, 0.3) is 21.9 Å². The number of hydrogen-bond acceptors (Lipinski definition) is 1. The molecule has 0 saturated heterocycles. The Morgan fingerprint density at radius 3 is 2.41 bits per heavy atom. The topological polar surface area (TPSA) is 44.5 Å². The van der Waals surface area contributed by atoms with Gasteiger partial charge in [0, 0.05) is 34.9 Å². The molecule has 4 rings (SSSR count). The third-order valence-electron chi connectivity index (χ3n) is 4.35. The standard InChI is InChI=1S/C19H19N3/c1(6-14-12-21-18-10-4-3-8-16(14)18)2-7-15-13-22-19-17(15)9-5-11-20-19/h3-5,8-13,21H,1-2,6-7H2,(H,20,22). The summed E-state index contributed by atoms with van der Waals surface area (Å²) < 4.78 is 0. The molecule has 0 aliphatic rings. The molecule has 0 spiro atoms. The van der Waals surface area contributed by atoms with Gasteiger partial charge in [-0.25, -0.2) is 4.98 Å². The summed E-state index contributed by atoms with van der Waals surface area (Å²) in [5, 5.41) is 2.62. The van der Waals surface area contributed by atoms with E-state index < -0.39 is 0 Å². The lowest BCUT2D eigenvalue weighted by Gasteiger charge is -2.01. The van der Waals surface area contributed by atoms with Crippen molar-refractivity contribution in [3.05, 3.63) is 66.1 Å². The molecule has 0 saturated carbocycles. The number of para-hydroxylation sites is 1. The Morgan fingerprint density at radius 2 is 1.50 bits per heavy atom. The minimum atomic E-state index is 0.995. The molecule has 0 radical (unpaired) electrons. The third kappa shape index (κ3) is 2.39. The first-order chi connectivity index (χ1) is 10.9. The normalized spacial score (nSPS) is 11.5. The van der Waals surface area contributed by atoms with Crippen molar-refractivity contribution < 1.29 is 0 Å².